The first-order valence-corrected chi connectivity index (χ1v) is 7.81. The molecule has 4 nitrogen and oxygen atoms in total. The molecule has 0 saturated heterocycles. The molecular weight excluding hydrogens is 310 g/mol. The van der Waals surface area contributed by atoms with E-state index in [0.29, 0.717) is 17.1 Å². The zero-order valence-corrected chi connectivity index (χ0v) is 12.9. The number of aliphatic hydroxyl groups excluding tert-OH is 1. The van der Waals surface area contributed by atoms with Crippen LogP contribution in [0.15, 0.2) is 41.1 Å². The van der Waals surface area contributed by atoms with Crippen LogP contribution in [0.4, 0.5) is 0 Å². The molecule has 6 heteroatoms. The quantitative estimate of drug-likeness (QED) is 0.823. The number of halogens is 1. The number of amides is 1. The van der Waals surface area contributed by atoms with Crippen LogP contribution in [0.5, 0.6) is 0 Å². The first kappa shape index (κ1) is 16.0. The molecule has 1 aromatic heterocycles. The molecule has 0 radical (unpaired) electrons. The Kier molecular flexibility index (Phi) is 6.20. The predicted molar refractivity (Wildman–Crippen MR) is 83.9 cm³/mol. The van der Waals surface area contributed by atoms with Gasteiger partial charge in [0, 0.05) is 17.1 Å². The minimum Gasteiger partial charge on any atom is -0.394 e. The van der Waals surface area contributed by atoms with Crippen molar-refractivity contribution < 1.29 is 14.6 Å². The Balaban J connectivity index is 1.96. The van der Waals surface area contributed by atoms with Crippen LogP contribution >= 0.6 is 22.9 Å². The second-order valence-corrected chi connectivity index (χ2v) is 5.58. The second-order valence-electron chi connectivity index (χ2n) is 4.36. The summed E-state index contributed by atoms with van der Waals surface area (Å²) in [6, 6.07) is 8.71. The summed E-state index contributed by atoms with van der Waals surface area (Å²) in [4.78, 5) is 12.1. The zero-order chi connectivity index (χ0) is 15.1. The van der Waals surface area contributed by atoms with Crippen molar-refractivity contribution in [3.05, 3.63) is 57.2 Å². The van der Waals surface area contributed by atoms with Crippen molar-refractivity contribution in [3.63, 3.8) is 0 Å². The lowest BCUT2D eigenvalue weighted by molar-refractivity contribution is 0.0279. The van der Waals surface area contributed by atoms with E-state index in [0.717, 1.165) is 5.56 Å². The minimum absolute atomic E-state index is 0.0527. The van der Waals surface area contributed by atoms with Crippen molar-refractivity contribution in [3.8, 4) is 0 Å². The monoisotopic (exact) mass is 325 g/mol. The Bertz CT molecular complexity index is 574. The van der Waals surface area contributed by atoms with Crippen molar-refractivity contribution in [2.45, 2.75) is 6.10 Å². The number of ether oxygens (including phenoxy) is 1. The van der Waals surface area contributed by atoms with Gasteiger partial charge >= 0.3 is 0 Å². The summed E-state index contributed by atoms with van der Waals surface area (Å²) in [5.74, 6) is -0.203. The molecule has 1 amide bonds. The number of thiophene rings is 1. The third-order valence-corrected chi connectivity index (χ3v) is 3.80. The Labute approximate surface area is 132 Å². The average Bonchev–Trinajstić information content (AvgIpc) is 3.01. The molecule has 1 aromatic carbocycles. The van der Waals surface area contributed by atoms with Gasteiger partial charge in [-0.25, -0.2) is 0 Å². The number of hydrogen-bond donors (Lipinski definition) is 2. The van der Waals surface area contributed by atoms with Gasteiger partial charge in [0.1, 0.15) is 6.10 Å². The Morgan fingerprint density at radius 2 is 2.29 bits per heavy atom. The highest BCUT2D eigenvalue weighted by atomic mass is 35.5. The predicted octanol–water partition coefficient (Wildman–Crippen LogP) is 2.88. The molecule has 112 valence electrons. The number of hydrogen-bond acceptors (Lipinski definition) is 4. The van der Waals surface area contributed by atoms with Crippen LogP contribution in [0.3, 0.4) is 0 Å². The number of nitrogens with one attached hydrogen (secondary N) is 1. The van der Waals surface area contributed by atoms with Crippen LogP contribution in [0.2, 0.25) is 5.02 Å². The van der Waals surface area contributed by atoms with Gasteiger partial charge in [0.2, 0.25) is 0 Å². The highest BCUT2D eigenvalue weighted by Crippen LogP contribution is 2.19. The normalized spacial score (nSPS) is 12.1. The lowest BCUT2D eigenvalue weighted by atomic mass is 10.1. The topological polar surface area (TPSA) is 58.6 Å². The Morgan fingerprint density at radius 3 is 2.95 bits per heavy atom. The molecule has 2 aromatic rings. The molecule has 0 aliphatic heterocycles. The van der Waals surface area contributed by atoms with Crippen molar-refractivity contribution in [2.24, 2.45) is 0 Å². The minimum atomic E-state index is -0.272. The zero-order valence-electron chi connectivity index (χ0n) is 11.3. The van der Waals surface area contributed by atoms with Crippen LogP contribution < -0.4 is 5.32 Å². The van der Waals surface area contributed by atoms with Crippen molar-refractivity contribution in [1.82, 2.24) is 5.32 Å². The molecule has 1 heterocycles. The fourth-order valence-electron chi connectivity index (χ4n) is 1.84. The van der Waals surface area contributed by atoms with Gasteiger partial charge in [-0.3, -0.25) is 4.79 Å². The summed E-state index contributed by atoms with van der Waals surface area (Å²) < 4.78 is 5.56. The van der Waals surface area contributed by atoms with Crippen LogP contribution in [0.25, 0.3) is 0 Å². The Hall–Kier alpha value is -1.40. The van der Waals surface area contributed by atoms with Gasteiger partial charge in [-0.1, -0.05) is 17.7 Å². The van der Waals surface area contributed by atoms with Gasteiger partial charge < -0.3 is 15.2 Å². The fraction of sp³-hybridized carbons (Fsp3) is 0.267. The van der Waals surface area contributed by atoms with Crippen molar-refractivity contribution in [2.75, 3.05) is 19.8 Å². The van der Waals surface area contributed by atoms with Gasteiger partial charge in [0.15, 0.2) is 0 Å². The summed E-state index contributed by atoms with van der Waals surface area (Å²) in [6.45, 7) is 0.512. The summed E-state index contributed by atoms with van der Waals surface area (Å²) in [7, 11) is 0. The molecule has 2 rings (SSSR count). The van der Waals surface area contributed by atoms with E-state index in [1.54, 1.807) is 35.6 Å². The van der Waals surface area contributed by atoms with E-state index in [9.17, 15) is 4.79 Å². The van der Waals surface area contributed by atoms with E-state index >= 15 is 0 Å². The van der Waals surface area contributed by atoms with Crippen molar-refractivity contribution in [1.29, 1.82) is 0 Å². The molecule has 0 saturated carbocycles. The molecule has 0 aliphatic carbocycles. The van der Waals surface area contributed by atoms with Crippen molar-refractivity contribution >= 4 is 28.8 Å². The van der Waals surface area contributed by atoms with E-state index in [4.69, 9.17) is 21.4 Å². The van der Waals surface area contributed by atoms with Gasteiger partial charge in [-0.15, -0.1) is 0 Å². The molecule has 0 spiro atoms. The summed E-state index contributed by atoms with van der Waals surface area (Å²) >= 11 is 7.43. The fourth-order valence-corrected chi connectivity index (χ4v) is 2.74. The van der Waals surface area contributed by atoms with Crippen LogP contribution in [-0.2, 0) is 4.74 Å². The highest BCUT2D eigenvalue weighted by molar-refractivity contribution is 7.07. The maximum atomic E-state index is 12.1. The Morgan fingerprint density at radius 1 is 1.43 bits per heavy atom. The average molecular weight is 326 g/mol. The van der Waals surface area contributed by atoms with E-state index in [1.807, 2.05) is 16.8 Å². The maximum absolute atomic E-state index is 12.1. The summed E-state index contributed by atoms with van der Waals surface area (Å²) in [5, 5.41) is 16.1. The van der Waals surface area contributed by atoms with E-state index in [2.05, 4.69) is 5.32 Å². The number of rotatable bonds is 7. The maximum Gasteiger partial charge on any atom is 0.251 e. The van der Waals surface area contributed by atoms with Gasteiger partial charge in [0.05, 0.1) is 13.2 Å². The molecule has 1 atom stereocenters. The molecular formula is C15H16ClNO3S. The second kappa shape index (κ2) is 8.14. The largest absolute Gasteiger partial charge is 0.394 e. The summed E-state index contributed by atoms with van der Waals surface area (Å²) in [6.07, 6.45) is -0.272. The highest BCUT2D eigenvalue weighted by Gasteiger charge is 2.14. The van der Waals surface area contributed by atoms with Gasteiger partial charge in [-0.2, -0.15) is 11.3 Å². The van der Waals surface area contributed by atoms with Crippen LogP contribution in [-0.4, -0.2) is 30.8 Å². The first-order chi connectivity index (χ1) is 10.2. The first-order valence-electron chi connectivity index (χ1n) is 6.49. The van der Waals surface area contributed by atoms with Gasteiger partial charge in [-0.05, 0) is 40.6 Å². The number of benzene rings is 1. The van der Waals surface area contributed by atoms with E-state index in [1.165, 1.54) is 0 Å². The molecule has 21 heavy (non-hydrogen) atoms. The lowest BCUT2D eigenvalue weighted by Crippen LogP contribution is -2.29. The molecule has 0 unspecified atom stereocenters. The molecule has 0 aliphatic rings. The standard InChI is InChI=1S/C15H16ClNO3S/c16-13-3-1-2-11(8-13)15(19)17-9-14(20-6-5-18)12-4-7-21-10-12/h1-4,7-8,10,14,18H,5-6,9H2,(H,17,19)/t14-/m0/s1. The number of aliphatic hydroxyl groups is 1. The number of carbonyl (C=O) groups excluding carboxylic acids is 1. The summed E-state index contributed by atoms with van der Waals surface area (Å²) in [5.41, 5.74) is 1.49. The lowest BCUT2D eigenvalue weighted by Gasteiger charge is -2.17. The smallest absolute Gasteiger partial charge is 0.251 e. The number of carbonyl (C=O) groups is 1. The van der Waals surface area contributed by atoms with Gasteiger partial charge in [0.25, 0.3) is 5.91 Å². The van der Waals surface area contributed by atoms with E-state index in [-0.39, 0.29) is 25.2 Å². The molecule has 2 N–H and O–H groups in total. The third kappa shape index (κ3) is 4.82. The molecule has 0 fully saturated rings. The third-order valence-electron chi connectivity index (χ3n) is 2.86. The van der Waals surface area contributed by atoms with Crippen LogP contribution in [0, 0.1) is 0 Å². The van der Waals surface area contributed by atoms with E-state index < -0.39 is 0 Å². The SMILES string of the molecule is O=C(NC[C@H](OCCO)c1ccsc1)c1cccc(Cl)c1. The van der Waals surface area contributed by atoms with Crippen LogP contribution in [0.1, 0.15) is 22.0 Å². The molecule has 0 bridgehead atoms.